The Morgan fingerprint density at radius 3 is 0.852 bits per heavy atom. The van der Waals surface area contributed by atoms with Crippen molar-refractivity contribution in [1.82, 2.24) is 28.7 Å². The fraction of sp³-hybridized carbons (Fsp3) is 0. The molecule has 54 heavy (non-hydrogen) atoms. The zero-order valence-electron chi connectivity index (χ0n) is 28.4. The van der Waals surface area contributed by atoms with Crippen LogP contribution in [0.15, 0.2) is 164 Å². The summed E-state index contributed by atoms with van der Waals surface area (Å²) < 4.78 is 48.8. The van der Waals surface area contributed by atoms with E-state index in [1.54, 1.807) is 36.4 Å². The largest absolute Gasteiger partial charge is 0.292 e. The molecule has 0 spiro atoms. The lowest BCUT2D eigenvalue weighted by Gasteiger charge is -2.15. The van der Waals surface area contributed by atoms with Gasteiger partial charge in [0.25, 0.3) is 0 Å². The normalized spacial score (nSPS) is 11.6. The lowest BCUT2D eigenvalue weighted by molar-refractivity contribution is 0.627. The molecule has 0 saturated heterocycles. The molecule has 0 fully saturated rings. The van der Waals surface area contributed by atoms with Gasteiger partial charge in [0, 0.05) is 33.8 Å². The summed E-state index contributed by atoms with van der Waals surface area (Å²) in [6.45, 7) is 0. The topological polar surface area (TPSA) is 53.5 Å². The molecule has 3 aromatic heterocycles. The van der Waals surface area contributed by atoms with Gasteiger partial charge in [0.05, 0.1) is 33.1 Å². The van der Waals surface area contributed by atoms with Crippen molar-refractivity contribution in [1.29, 1.82) is 0 Å². The third-order valence-corrected chi connectivity index (χ3v) is 9.64. The number of halogens is 3. The standard InChI is InChI=1S/C45H27F3N6/c46-31-13-19-34(20-14-31)52-40-10-4-1-7-37(40)49-43(52)28-25-29(44-50-38-8-2-5-11-41(38)53(44)35-21-15-32(47)16-22-35)27-30(26-28)45-51-39-9-3-6-12-42(39)54(45)36-23-17-33(48)18-24-36/h1-27H. The number of hydrogen-bond acceptors (Lipinski definition) is 3. The summed E-state index contributed by atoms with van der Waals surface area (Å²) in [4.78, 5) is 15.4. The maximum atomic E-state index is 14.2. The first-order valence-corrected chi connectivity index (χ1v) is 17.3. The number of fused-ring (bicyclic) bond motifs is 3. The zero-order chi connectivity index (χ0) is 36.3. The van der Waals surface area contributed by atoms with Crippen molar-refractivity contribution in [2.45, 2.75) is 0 Å². The molecule has 10 rings (SSSR count). The van der Waals surface area contributed by atoms with Gasteiger partial charge in [-0.2, -0.15) is 0 Å². The molecule has 258 valence electrons. The van der Waals surface area contributed by atoms with Crippen LogP contribution in [0.1, 0.15) is 0 Å². The Bertz CT molecular complexity index is 2670. The predicted octanol–water partition coefficient (Wildman–Crippen LogP) is 11.1. The molecule has 0 radical (unpaired) electrons. The molecule has 7 aromatic carbocycles. The Kier molecular flexibility index (Phi) is 7.26. The van der Waals surface area contributed by atoms with Gasteiger partial charge in [0.1, 0.15) is 34.9 Å². The number of benzene rings is 7. The lowest BCUT2D eigenvalue weighted by Crippen LogP contribution is -2.02. The van der Waals surface area contributed by atoms with Crippen LogP contribution in [0.4, 0.5) is 13.2 Å². The number of hydrogen-bond donors (Lipinski definition) is 0. The van der Waals surface area contributed by atoms with Crippen molar-refractivity contribution in [2.24, 2.45) is 0 Å². The van der Waals surface area contributed by atoms with Crippen LogP contribution >= 0.6 is 0 Å². The lowest BCUT2D eigenvalue weighted by atomic mass is 10.0. The van der Waals surface area contributed by atoms with E-state index < -0.39 is 0 Å². The number of nitrogens with zero attached hydrogens (tertiary/aromatic N) is 6. The second kappa shape index (κ2) is 12.5. The first kappa shape index (κ1) is 31.5. The maximum Gasteiger partial charge on any atom is 0.145 e. The van der Waals surface area contributed by atoms with Gasteiger partial charge in [-0.3, -0.25) is 13.7 Å². The van der Waals surface area contributed by atoms with Gasteiger partial charge >= 0.3 is 0 Å². The van der Waals surface area contributed by atoms with Crippen molar-refractivity contribution in [3.63, 3.8) is 0 Å². The molecule has 0 N–H and O–H groups in total. The third-order valence-electron chi connectivity index (χ3n) is 9.64. The highest BCUT2D eigenvalue weighted by Crippen LogP contribution is 2.38. The highest BCUT2D eigenvalue weighted by Gasteiger charge is 2.22. The number of aromatic nitrogens is 6. The molecular weight excluding hydrogens is 682 g/mol. The quantitative estimate of drug-likeness (QED) is 0.173. The summed E-state index contributed by atoms with van der Waals surface area (Å²) >= 11 is 0. The average Bonchev–Trinajstić information content (AvgIpc) is 3.91. The minimum Gasteiger partial charge on any atom is -0.292 e. The molecule has 0 amide bonds. The summed E-state index contributed by atoms with van der Waals surface area (Å²) in [5.41, 5.74) is 9.31. The minimum absolute atomic E-state index is 0.339. The van der Waals surface area contributed by atoms with Gasteiger partial charge in [-0.15, -0.1) is 0 Å². The summed E-state index contributed by atoms with van der Waals surface area (Å²) in [6.07, 6.45) is 0. The Hall–Kier alpha value is -7.26. The van der Waals surface area contributed by atoms with E-state index in [1.165, 1.54) is 36.4 Å². The molecule has 0 aliphatic carbocycles. The van der Waals surface area contributed by atoms with Crippen LogP contribution in [-0.2, 0) is 0 Å². The summed E-state index contributed by atoms with van der Waals surface area (Å²) in [6, 6.07) is 48.6. The summed E-state index contributed by atoms with van der Waals surface area (Å²) in [5.74, 6) is 0.856. The fourth-order valence-corrected chi connectivity index (χ4v) is 7.23. The molecule has 0 bridgehead atoms. The van der Waals surface area contributed by atoms with Crippen LogP contribution < -0.4 is 0 Å². The Morgan fingerprint density at radius 2 is 0.574 bits per heavy atom. The molecule has 0 saturated carbocycles. The van der Waals surface area contributed by atoms with Crippen molar-refractivity contribution >= 4 is 33.1 Å². The van der Waals surface area contributed by atoms with Crippen LogP contribution in [0, 0.1) is 17.5 Å². The van der Waals surface area contributed by atoms with E-state index in [0.717, 1.165) is 66.9 Å². The zero-order valence-corrected chi connectivity index (χ0v) is 28.4. The first-order chi connectivity index (χ1) is 26.5. The number of rotatable bonds is 6. The van der Waals surface area contributed by atoms with E-state index in [2.05, 4.69) is 0 Å². The summed E-state index contributed by atoms with van der Waals surface area (Å²) in [5, 5.41) is 0. The Labute approximate surface area is 306 Å². The minimum atomic E-state index is -0.339. The SMILES string of the molecule is Fc1ccc(-n2c(-c3cc(-c4nc5ccccc5n4-c4ccc(F)cc4)cc(-c4nc5ccccc5n4-c4ccc(F)cc4)c3)nc3ccccc32)cc1. The van der Waals surface area contributed by atoms with Crippen LogP contribution in [0.3, 0.4) is 0 Å². The van der Waals surface area contributed by atoms with E-state index in [-0.39, 0.29) is 17.5 Å². The van der Waals surface area contributed by atoms with Gasteiger partial charge in [0.2, 0.25) is 0 Å². The highest BCUT2D eigenvalue weighted by molar-refractivity contribution is 5.90. The van der Waals surface area contributed by atoms with Crippen molar-refractivity contribution in [3.8, 4) is 51.2 Å². The number of imidazole rings is 3. The van der Waals surface area contributed by atoms with E-state index in [4.69, 9.17) is 15.0 Å². The molecular formula is C45H27F3N6. The smallest absolute Gasteiger partial charge is 0.145 e. The molecule has 3 heterocycles. The molecule has 0 aliphatic heterocycles. The van der Waals surface area contributed by atoms with E-state index in [1.807, 2.05) is 105 Å². The third kappa shape index (κ3) is 5.25. The highest BCUT2D eigenvalue weighted by atomic mass is 19.1. The monoisotopic (exact) mass is 708 g/mol. The molecule has 9 heteroatoms. The fourth-order valence-electron chi connectivity index (χ4n) is 7.23. The van der Waals surface area contributed by atoms with Crippen molar-refractivity contribution in [2.75, 3.05) is 0 Å². The predicted molar refractivity (Wildman–Crippen MR) is 207 cm³/mol. The van der Waals surface area contributed by atoms with Gasteiger partial charge < -0.3 is 0 Å². The van der Waals surface area contributed by atoms with Crippen LogP contribution in [0.25, 0.3) is 84.3 Å². The average molecular weight is 709 g/mol. The maximum absolute atomic E-state index is 14.2. The van der Waals surface area contributed by atoms with Gasteiger partial charge in [-0.1, -0.05) is 36.4 Å². The summed E-state index contributed by atoms with van der Waals surface area (Å²) in [7, 11) is 0. The van der Waals surface area contributed by atoms with Crippen molar-refractivity contribution < 1.29 is 13.2 Å². The molecule has 10 aromatic rings. The molecule has 0 aliphatic rings. The Balaban J connectivity index is 1.30. The second-order valence-electron chi connectivity index (χ2n) is 13.0. The molecule has 0 atom stereocenters. The van der Waals surface area contributed by atoms with Gasteiger partial charge in [-0.05, 0) is 127 Å². The van der Waals surface area contributed by atoms with Crippen LogP contribution in [-0.4, -0.2) is 28.7 Å². The molecule has 0 unspecified atom stereocenters. The van der Waals surface area contributed by atoms with Crippen LogP contribution in [0.2, 0.25) is 0 Å². The first-order valence-electron chi connectivity index (χ1n) is 17.3. The van der Waals surface area contributed by atoms with Gasteiger partial charge in [-0.25, -0.2) is 28.1 Å². The van der Waals surface area contributed by atoms with E-state index in [0.29, 0.717) is 17.5 Å². The van der Waals surface area contributed by atoms with E-state index >= 15 is 0 Å². The van der Waals surface area contributed by atoms with Crippen molar-refractivity contribution in [3.05, 3.63) is 181 Å². The second-order valence-corrected chi connectivity index (χ2v) is 13.0. The van der Waals surface area contributed by atoms with E-state index in [9.17, 15) is 13.2 Å². The number of para-hydroxylation sites is 6. The van der Waals surface area contributed by atoms with Gasteiger partial charge in [0.15, 0.2) is 0 Å². The molecule has 6 nitrogen and oxygen atoms in total. The Morgan fingerprint density at radius 1 is 0.315 bits per heavy atom. The van der Waals surface area contributed by atoms with Crippen LogP contribution in [0.5, 0.6) is 0 Å².